The second-order valence-corrected chi connectivity index (χ2v) is 6.54. The Hall–Kier alpha value is -0.280. The molecule has 0 unspecified atom stereocenters. The molecule has 1 aromatic rings. The molecular formula is C15H21Cl2NO. The predicted molar refractivity (Wildman–Crippen MR) is 80.8 cm³/mol. The van der Waals surface area contributed by atoms with Crippen LogP contribution in [0.2, 0.25) is 10.0 Å². The van der Waals surface area contributed by atoms with Crippen molar-refractivity contribution < 1.29 is 5.11 Å². The van der Waals surface area contributed by atoms with E-state index < -0.39 is 0 Å². The Morgan fingerprint density at radius 1 is 1.26 bits per heavy atom. The van der Waals surface area contributed by atoms with E-state index in [0.717, 1.165) is 24.3 Å². The minimum atomic E-state index is -0.126. The van der Waals surface area contributed by atoms with Crippen LogP contribution in [0.1, 0.15) is 38.2 Å². The third kappa shape index (κ3) is 3.85. The first-order valence-electron chi connectivity index (χ1n) is 6.84. The molecule has 1 aliphatic carbocycles. The average molecular weight is 302 g/mol. The van der Waals surface area contributed by atoms with E-state index in [2.05, 4.69) is 12.2 Å². The summed E-state index contributed by atoms with van der Waals surface area (Å²) in [5.41, 5.74) is 0.972. The molecule has 1 aliphatic rings. The Kier molecular flexibility index (Phi) is 5.13. The molecule has 0 saturated heterocycles. The summed E-state index contributed by atoms with van der Waals surface area (Å²) in [4.78, 5) is 0. The van der Waals surface area contributed by atoms with Crippen molar-refractivity contribution in [1.29, 1.82) is 0 Å². The van der Waals surface area contributed by atoms with Gasteiger partial charge in [-0.2, -0.15) is 0 Å². The summed E-state index contributed by atoms with van der Waals surface area (Å²) in [5, 5.41) is 14.4. The van der Waals surface area contributed by atoms with Gasteiger partial charge in [0.05, 0.1) is 16.7 Å². The molecule has 2 N–H and O–H groups in total. The van der Waals surface area contributed by atoms with Crippen molar-refractivity contribution in [2.75, 3.05) is 6.61 Å². The maximum Gasteiger partial charge on any atom is 0.0613 e. The first-order chi connectivity index (χ1) is 9.04. The molecule has 19 heavy (non-hydrogen) atoms. The van der Waals surface area contributed by atoms with Gasteiger partial charge in [-0.25, -0.2) is 0 Å². The molecule has 0 aromatic heterocycles. The van der Waals surface area contributed by atoms with Crippen LogP contribution in [-0.4, -0.2) is 17.3 Å². The first kappa shape index (κ1) is 15.1. The van der Waals surface area contributed by atoms with E-state index in [0.29, 0.717) is 16.6 Å². The minimum absolute atomic E-state index is 0.126. The fraction of sp³-hybridized carbons (Fsp3) is 0.600. The van der Waals surface area contributed by atoms with Gasteiger partial charge in [-0.15, -0.1) is 0 Å². The summed E-state index contributed by atoms with van der Waals surface area (Å²) < 4.78 is 0. The van der Waals surface area contributed by atoms with E-state index in [4.69, 9.17) is 23.2 Å². The highest BCUT2D eigenvalue weighted by Crippen LogP contribution is 2.32. The summed E-state index contributed by atoms with van der Waals surface area (Å²) >= 11 is 11.9. The van der Waals surface area contributed by atoms with Crippen molar-refractivity contribution >= 4 is 23.2 Å². The van der Waals surface area contributed by atoms with Crippen LogP contribution in [0.3, 0.4) is 0 Å². The van der Waals surface area contributed by atoms with Gasteiger partial charge in [-0.05, 0) is 49.3 Å². The number of nitrogens with one attached hydrogen (secondary N) is 1. The van der Waals surface area contributed by atoms with Crippen LogP contribution in [0.4, 0.5) is 0 Å². The predicted octanol–water partition coefficient (Wildman–Crippen LogP) is 4.02. The maximum absolute atomic E-state index is 9.69. The van der Waals surface area contributed by atoms with Crippen LogP contribution in [0, 0.1) is 5.92 Å². The van der Waals surface area contributed by atoms with Crippen molar-refractivity contribution in [3.05, 3.63) is 33.8 Å². The molecule has 0 spiro atoms. The molecule has 0 bridgehead atoms. The lowest BCUT2D eigenvalue weighted by atomic mass is 9.77. The van der Waals surface area contributed by atoms with Crippen LogP contribution >= 0.6 is 23.2 Å². The highest BCUT2D eigenvalue weighted by atomic mass is 35.5. The van der Waals surface area contributed by atoms with Gasteiger partial charge in [0.25, 0.3) is 0 Å². The van der Waals surface area contributed by atoms with Crippen LogP contribution in [0.15, 0.2) is 18.2 Å². The molecule has 2 rings (SSSR count). The van der Waals surface area contributed by atoms with Gasteiger partial charge in [0.1, 0.15) is 0 Å². The molecule has 2 nitrogen and oxygen atoms in total. The molecule has 0 heterocycles. The van der Waals surface area contributed by atoms with Gasteiger partial charge in [0.2, 0.25) is 0 Å². The molecule has 106 valence electrons. The zero-order valence-electron chi connectivity index (χ0n) is 11.3. The standard InChI is InChI=1S/C15H21Cl2NO/c1-11-4-6-15(10-19,7-5-11)18-9-12-2-3-13(16)14(17)8-12/h2-3,8,11,18-19H,4-7,9-10H2,1H3. The second kappa shape index (κ2) is 6.45. The topological polar surface area (TPSA) is 32.3 Å². The van der Waals surface area contributed by atoms with Gasteiger partial charge in [0, 0.05) is 12.1 Å². The largest absolute Gasteiger partial charge is 0.394 e. The van der Waals surface area contributed by atoms with Gasteiger partial charge in [-0.3, -0.25) is 0 Å². The van der Waals surface area contributed by atoms with Crippen molar-refractivity contribution in [3.8, 4) is 0 Å². The summed E-state index contributed by atoms with van der Waals surface area (Å²) in [6, 6.07) is 5.67. The quantitative estimate of drug-likeness (QED) is 0.880. The monoisotopic (exact) mass is 301 g/mol. The Balaban J connectivity index is 1.97. The molecule has 1 aromatic carbocycles. The van der Waals surface area contributed by atoms with Crippen molar-refractivity contribution in [2.45, 2.75) is 44.7 Å². The summed E-state index contributed by atoms with van der Waals surface area (Å²) in [6.45, 7) is 3.19. The SMILES string of the molecule is CC1CCC(CO)(NCc2ccc(Cl)c(Cl)c2)CC1. The third-order valence-corrected chi connectivity index (χ3v) is 4.92. The lowest BCUT2D eigenvalue weighted by Gasteiger charge is -2.39. The molecule has 0 amide bonds. The number of rotatable bonds is 4. The normalized spacial score (nSPS) is 27.5. The van der Waals surface area contributed by atoms with Crippen LogP contribution < -0.4 is 5.32 Å². The summed E-state index contributed by atoms with van der Waals surface area (Å²) in [7, 11) is 0. The molecule has 0 atom stereocenters. The lowest BCUT2D eigenvalue weighted by molar-refractivity contribution is 0.104. The summed E-state index contributed by atoms with van der Waals surface area (Å²) in [6.07, 6.45) is 4.42. The van der Waals surface area contributed by atoms with Crippen LogP contribution in [0.5, 0.6) is 0 Å². The average Bonchev–Trinajstić information content (AvgIpc) is 2.42. The van der Waals surface area contributed by atoms with E-state index in [9.17, 15) is 5.11 Å². The van der Waals surface area contributed by atoms with E-state index >= 15 is 0 Å². The smallest absolute Gasteiger partial charge is 0.0613 e. The summed E-state index contributed by atoms with van der Waals surface area (Å²) in [5.74, 6) is 0.770. The molecule has 4 heteroatoms. The van der Waals surface area contributed by atoms with Gasteiger partial charge < -0.3 is 10.4 Å². The Morgan fingerprint density at radius 2 is 1.95 bits per heavy atom. The van der Waals surface area contributed by atoms with Crippen molar-refractivity contribution in [2.24, 2.45) is 5.92 Å². The number of benzene rings is 1. The van der Waals surface area contributed by atoms with Gasteiger partial charge in [0.15, 0.2) is 0 Å². The molecule has 1 saturated carbocycles. The number of aliphatic hydroxyl groups excluding tert-OH is 1. The van der Waals surface area contributed by atoms with E-state index in [1.165, 1.54) is 12.8 Å². The van der Waals surface area contributed by atoms with Gasteiger partial charge in [-0.1, -0.05) is 36.2 Å². The number of aliphatic hydroxyl groups is 1. The lowest BCUT2D eigenvalue weighted by Crippen LogP contribution is -2.50. The van der Waals surface area contributed by atoms with Crippen LogP contribution in [0.25, 0.3) is 0 Å². The molecule has 0 radical (unpaired) electrons. The van der Waals surface area contributed by atoms with E-state index in [1.807, 2.05) is 18.2 Å². The maximum atomic E-state index is 9.69. The zero-order chi connectivity index (χ0) is 13.9. The fourth-order valence-electron chi connectivity index (χ4n) is 2.64. The highest BCUT2D eigenvalue weighted by Gasteiger charge is 2.32. The molecular weight excluding hydrogens is 281 g/mol. The number of hydrogen-bond acceptors (Lipinski definition) is 2. The first-order valence-corrected chi connectivity index (χ1v) is 7.60. The van der Waals surface area contributed by atoms with E-state index in [1.54, 1.807) is 0 Å². The van der Waals surface area contributed by atoms with Crippen molar-refractivity contribution in [1.82, 2.24) is 5.32 Å². The Morgan fingerprint density at radius 3 is 2.53 bits per heavy atom. The van der Waals surface area contributed by atoms with Gasteiger partial charge >= 0.3 is 0 Å². The van der Waals surface area contributed by atoms with Crippen LogP contribution in [-0.2, 0) is 6.54 Å². The Bertz CT molecular complexity index is 428. The number of hydrogen-bond donors (Lipinski definition) is 2. The Labute approximate surface area is 125 Å². The molecule has 0 aliphatic heterocycles. The molecule has 1 fully saturated rings. The highest BCUT2D eigenvalue weighted by molar-refractivity contribution is 6.42. The third-order valence-electron chi connectivity index (χ3n) is 4.19. The minimum Gasteiger partial charge on any atom is -0.394 e. The van der Waals surface area contributed by atoms with Crippen molar-refractivity contribution in [3.63, 3.8) is 0 Å². The zero-order valence-corrected chi connectivity index (χ0v) is 12.8. The fourth-order valence-corrected chi connectivity index (χ4v) is 2.97. The van der Waals surface area contributed by atoms with E-state index in [-0.39, 0.29) is 12.1 Å². The number of halogens is 2. The second-order valence-electron chi connectivity index (χ2n) is 5.72.